The van der Waals surface area contributed by atoms with Crippen LogP contribution in [-0.4, -0.2) is 34.4 Å². The van der Waals surface area contributed by atoms with Gasteiger partial charge in [0.05, 0.1) is 0 Å². The highest BCUT2D eigenvalue weighted by molar-refractivity contribution is 5.75. The second kappa shape index (κ2) is 5.40. The van der Waals surface area contributed by atoms with Gasteiger partial charge in [0.2, 0.25) is 0 Å². The molecule has 0 aliphatic carbocycles. The fourth-order valence-corrected chi connectivity index (χ4v) is 2.54. The van der Waals surface area contributed by atoms with Gasteiger partial charge in [-0.15, -0.1) is 4.48 Å². The summed E-state index contributed by atoms with van der Waals surface area (Å²) in [5.41, 5.74) is 0.853. The molecular formula is C14H18NO4+. The van der Waals surface area contributed by atoms with E-state index in [1.807, 2.05) is 30.3 Å². The maximum atomic E-state index is 12.2. The Labute approximate surface area is 112 Å². The standard InChI is InChI=1S/C14H17NO4/c1-11-6-5-9-15(11,13(16)17)14(18)19-10-12-7-3-2-4-8-12/h2-4,7-8,11H,5-6,9-10H2,1H3/p+1/t11-,15?/m1/s1. The van der Waals surface area contributed by atoms with Crippen molar-refractivity contribution in [2.24, 2.45) is 0 Å². The van der Waals surface area contributed by atoms with Crippen molar-refractivity contribution < 1.29 is 23.9 Å². The second-order valence-electron chi connectivity index (χ2n) is 4.91. The minimum Gasteiger partial charge on any atom is -0.435 e. The van der Waals surface area contributed by atoms with E-state index in [9.17, 15) is 14.7 Å². The molecule has 2 amide bonds. The first-order valence-electron chi connectivity index (χ1n) is 6.40. The number of quaternary nitrogens is 1. The normalized spacial score (nSPS) is 26.1. The van der Waals surface area contributed by atoms with Crippen LogP contribution in [-0.2, 0) is 11.3 Å². The van der Waals surface area contributed by atoms with Gasteiger partial charge in [-0.25, -0.2) is 0 Å². The third-order valence-electron chi connectivity index (χ3n) is 3.76. The van der Waals surface area contributed by atoms with Crippen molar-refractivity contribution in [1.29, 1.82) is 0 Å². The van der Waals surface area contributed by atoms with Crippen molar-refractivity contribution in [3.63, 3.8) is 0 Å². The first-order chi connectivity index (χ1) is 9.07. The number of likely N-dealkylation sites (tertiary alicyclic amines) is 1. The molecule has 19 heavy (non-hydrogen) atoms. The van der Waals surface area contributed by atoms with Gasteiger partial charge >= 0.3 is 12.2 Å². The summed E-state index contributed by atoms with van der Waals surface area (Å²) in [7, 11) is 0. The molecule has 1 unspecified atom stereocenters. The van der Waals surface area contributed by atoms with Gasteiger partial charge in [0.25, 0.3) is 0 Å². The van der Waals surface area contributed by atoms with E-state index >= 15 is 0 Å². The number of carboxylic acid groups (broad SMARTS) is 1. The predicted octanol–water partition coefficient (Wildman–Crippen LogP) is 3.00. The number of carbonyl (C=O) groups is 2. The van der Waals surface area contributed by atoms with Crippen LogP contribution in [0.15, 0.2) is 30.3 Å². The van der Waals surface area contributed by atoms with E-state index in [2.05, 4.69) is 0 Å². The van der Waals surface area contributed by atoms with E-state index in [1.165, 1.54) is 0 Å². The van der Waals surface area contributed by atoms with E-state index in [0.717, 1.165) is 18.4 Å². The predicted molar refractivity (Wildman–Crippen MR) is 68.5 cm³/mol. The number of benzene rings is 1. The lowest BCUT2D eigenvalue weighted by molar-refractivity contribution is -0.795. The molecule has 2 rings (SSSR count). The molecule has 0 saturated carbocycles. The minimum atomic E-state index is -1.12. The molecule has 1 N–H and O–H groups in total. The lowest BCUT2D eigenvalue weighted by Gasteiger charge is -2.27. The first-order valence-corrected chi connectivity index (χ1v) is 6.40. The summed E-state index contributed by atoms with van der Waals surface area (Å²) < 4.78 is 4.60. The quantitative estimate of drug-likeness (QED) is 0.834. The smallest absolute Gasteiger partial charge is 0.435 e. The fraction of sp³-hybridized carbons (Fsp3) is 0.429. The topological polar surface area (TPSA) is 63.6 Å². The van der Waals surface area contributed by atoms with Gasteiger partial charge in [0, 0.05) is 12.8 Å². The third kappa shape index (κ3) is 2.46. The zero-order chi connectivity index (χ0) is 13.9. The Morgan fingerprint density at radius 3 is 2.58 bits per heavy atom. The summed E-state index contributed by atoms with van der Waals surface area (Å²) in [4.78, 5) is 23.6. The molecule has 5 nitrogen and oxygen atoms in total. The van der Waals surface area contributed by atoms with Gasteiger partial charge in [-0.2, -0.15) is 9.59 Å². The van der Waals surface area contributed by atoms with E-state index in [0.29, 0.717) is 6.54 Å². The molecule has 0 radical (unpaired) electrons. The number of nitrogens with zero attached hydrogens (tertiary/aromatic N) is 1. The Balaban J connectivity index is 2.07. The van der Waals surface area contributed by atoms with Crippen LogP contribution >= 0.6 is 0 Å². The van der Waals surface area contributed by atoms with Gasteiger partial charge in [-0.1, -0.05) is 30.3 Å². The summed E-state index contributed by atoms with van der Waals surface area (Å²) in [6.45, 7) is 2.20. The van der Waals surface area contributed by atoms with E-state index in [4.69, 9.17) is 4.74 Å². The molecular weight excluding hydrogens is 246 g/mol. The van der Waals surface area contributed by atoms with Crippen LogP contribution in [0, 0.1) is 0 Å². The molecule has 0 aromatic heterocycles. The summed E-state index contributed by atoms with van der Waals surface area (Å²) in [6, 6.07) is 9.02. The first kappa shape index (κ1) is 13.5. The molecule has 2 atom stereocenters. The lowest BCUT2D eigenvalue weighted by Crippen LogP contribution is -2.58. The Bertz CT molecular complexity index is 474. The molecule has 1 saturated heterocycles. The van der Waals surface area contributed by atoms with E-state index < -0.39 is 16.7 Å². The monoisotopic (exact) mass is 264 g/mol. The van der Waals surface area contributed by atoms with Crippen LogP contribution in [0.1, 0.15) is 25.3 Å². The SMILES string of the molecule is C[C@@H]1CCC[N+]1(C(=O)O)C(=O)OCc1ccccc1. The number of hydrogen-bond acceptors (Lipinski definition) is 3. The molecule has 0 spiro atoms. The lowest BCUT2D eigenvalue weighted by atomic mass is 10.2. The maximum Gasteiger partial charge on any atom is 0.527 e. The molecule has 1 aliphatic heterocycles. The van der Waals surface area contributed by atoms with Crippen molar-refractivity contribution >= 4 is 12.2 Å². The van der Waals surface area contributed by atoms with Crippen molar-refractivity contribution in [1.82, 2.24) is 0 Å². The maximum absolute atomic E-state index is 12.2. The molecule has 1 aromatic carbocycles. The van der Waals surface area contributed by atoms with Crippen LogP contribution in [0.25, 0.3) is 0 Å². The summed E-state index contributed by atoms with van der Waals surface area (Å²) in [5.74, 6) is 0. The van der Waals surface area contributed by atoms with Crippen molar-refractivity contribution in [2.75, 3.05) is 6.54 Å². The Morgan fingerprint density at radius 2 is 2.05 bits per heavy atom. The number of ether oxygens (including phenoxy) is 1. The van der Waals surface area contributed by atoms with Gasteiger partial charge in [0.1, 0.15) is 19.2 Å². The van der Waals surface area contributed by atoms with Gasteiger partial charge < -0.3 is 9.84 Å². The zero-order valence-corrected chi connectivity index (χ0v) is 10.9. The number of amides is 2. The van der Waals surface area contributed by atoms with Crippen LogP contribution in [0.5, 0.6) is 0 Å². The molecule has 1 heterocycles. The molecule has 102 valence electrons. The highest BCUT2D eigenvalue weighted by Gasteiger charge is 2.54. The number of carbonyl (C=O) groups excluding carboxylic acids is 1. The van der Waals surface area contributed by atoms with Crippen molar-refractivity contribution in [2.45, 2.75) is 32.4 Å². The number of rotatable bonds is 2. The van der Waals surface area contributed by atoms with Crippen LogP contribution in [0.3, 0.4) is 0 Å². The van der Waals surface area contributed by atoms with E-state index in [-0.39, 0.29) is 12.6 Å². The van der Waals surface area contributed by atoms with E-state index in [1.54, 1.807) is 6.92 Å². The van der Waals surface area contributed by atoms with Gasteiger partial charge in [-0.05, 0) is 12.5 Å². The number of hydrogen-bond donors (Lipinski definition) is 1. The fourth-order valence-electron chi connectivity index (χ4n) is 2.54. The van der Waals surface area contributed by atoms with Gasteiger partial charge in [-0.3, -0.25) is 0 Å². The van der Waals surface area contributed by atoms with Crippen LogP contribution in [0.4, 0.5) is 9.59 Å². The minimum absolute atomic E-state index is 0.111. The highest BCUT2D eigenvalue weighted by atomic mass is 16.6. The Kier molecular flexibility index (Phi) is 3.85. The summed E-state index contributed by atoms with van der Waals surface area (Å²) >= 11 is 0. The Hall–Kier alpha value is -1.88. The average molecular weight is 264 g/mol. The third-order valence-corrected chi connectivity index (χ3v) is 3.76. The molecule has 0 bridgehead atoms. The summed E-state index contributed by atoms with van der Waals surface area (Å²) in [6.07, 6.45) is -0.329. The van der Waals surface area contributed by atoms with Crippen LogP contribution < -0.4 is 0 Å². The van der Waals surface area contributed by atoms with Gasteiger partial charge in [0.15, 0.2) is 0 Å². The zero-order valence-electron chi connectivity index (χ0n) is 10.9. The molecule has 1 aliphatic rings. The van der Waals surface area contributed by atoms with Crippen LogP contribution in [0.2, 0.25) is 0 Å². The molecule has 1 aromatic rings. The molecule has 1 fully saturated rings. The largest absolute Gasteiger partial charge is 0.527 e. The number of imide groups is 1. The van der Waals surface area contributed by atoms with Crippen molar-refractivity contribution in [3.05, 3.63) is 35.9 Å². The summed E-state index contributed by atoms with van der Waals surface area (Å²) in [5, 5.41) is 9.37. The second-order valence-corrected chi connectivity index (χ2v) is 4.91. The highest BCUT2D eigenvalue weighted by Crippen LogP contribution is 2.29. The van der Waals surface area contributed by atoms with Crippen molar-refractivity contribution in [3.8, 4) is 0 Å². The molecule has 5 heteroatoms. The Morgan fingerprint density at radius 1 is 1.37 bits per heavy atom. The average Bonchev–Trinajstić information content (AvgIpc) is 2.80.